The summed E-state index contributed by atoms with van der Waals surface area (Å²) < 4.78 is 1.96. The van der Waals surface area contributed by atoms with Gasteiger partial charge in [-0.3, -0.25) is 4.57 Å². The van der Waals surface area contributed by atoms with Gasteiger partial charge in [-0.05, 0) is 51.0 Å². The highest BCUT2D eigenvalue weighted by atomic mass is 35.5. The molecule has 1 aromatic heterocycles. The monoisotopic (exact) mass is 443 g/mol. The van der Waals surface area contributed by atoms with Crippen molar-refractivity contribution >= 4 is 29.4 Å². The Morgan fingerprint density at radius 3 is 2.57 bits per heavy atom. The molecule has 0 spiro atoms. The average molecular weight is 444 g/mol. The summed E-state index contributed by atoms with van der Waals surface area (Å²) in [6, 6.07) is 15.7. The van der Waals surface area contributed by atoms with Crippen LogP contribution in [0.2, 0.25) is 5.02 Å². The molecule has 0 radical (unpaired) electrons. The van der Waals surface area contributed by atoms with Crippen molar-refractivity contribution in [3.05, 3.63) is 70.5 Å². The lowest BCUT2D eigenvalue weighted by Gasteiger charge is -2.21. The van der Waals surface area contributed by atoms with Crippen molar-refractivity contribution in [2.45, 2.75) is 50.7 Å². The minimum absolute atomic E-state index is 0.243. The van der Waals surface area contributed by atoms with E-state index < -0.39 is 0 Å². The van der Waals surface area contributed by atoms with Crippen LogP contribution in [-0.4, -0.2) is 26.3 Å². The smallest absolute Gasteiger partial charge is 0.315 e. The van der Waals surface area contributed by atoms with Crippen LogP contribution in [-0.2, 0) is 12.3 Å². The second-order valence-corrected chi connectivity index (χ2v) is 9.38. The fourth-order valence-corrected chi connectivity index (χ4v) is 3.93. The molecule has 0 aliphatic heterocycles. The summed E-state index contributed by atoms with van der Waals surface area (Å²) in [6.45, 7) is 8.06. The standard InChI is InChI=1S/C22H26ClN5OS/c1-15-10-11-17(23)12-18(15)28-19(13-24-20(29)25-22(2,3)4)26-27-21(28)30-14-16-8-6-5-7-9-16/h5-12H,13-14H2,1-4H3,(H2,24,25,29). The molecule has 2 amide bonds. The zero-order valence-electron chi connectivity index (χ0n) is 17.6. The quantitative estimate of drug-likeness (QED) is 0.518. The number of aryl methyl sites for hydroxylation is 1. The van der Waals surface area contributed by atoms with Gasteiger partial charge in [0.05, 0.1) is 12.2 Å². The largest absolute Gasteiger partial charge is 0.334 e. The van der Waals surface area contributed by atoms with Gasteiger partial charge in [0.15, 0.2) is 11.0 Å². The number of hydrogen-bond donors (Lipinski definition) is 2. The van der Waals surface area contributed by atoms with E-state index in [1.165, 1.54) is 5.56 Å². The number of amides is 2. The second kappa shape index (κ2) is 9.53. The van der Waals surface area contributed by atoms with Crippen molar-refractivity contribution in [2.24, 2.45) is 0 Å². The molecule has 3 rings (SSSR count). The van der Waals surface area contributed by atoms with Gasteiger partial charge < -0.3 is 10.6 Å². The van der Waals surface area contributed by atoms with Crippen LogP contribution in [0.1, 0.15) is 37.7 Å². The molecule has 0 bridgehead atoms. The van der Waals surface area contributed by atoms with E-state index >= 15 is 0 Å². The fraction of sp³-hybridized carbons (Fsp3) is 0.318. The second-order valence-electron chi connectivity index (χ2n) is 8.00. The molecule has 0 saturated heterocycles. The summed E-state index contributed by atoms with van der Waals surface area (Å²) in [5.41, 5.74) is 2.82. The number of hydrogen-bond acceptors (Lipinski definition) is 4. The number of carbonyl (C=O) groups is 1. The van der Waals surface area contributed by atoms with E-state index in [1.54, 1.807) is 11.8 Å². The van der Waals surface area contributed by atoms with Gasteiger partial charge in [0.25, 0.3) is 0 Å². The third kappa shape index (κ3) is 6.00. The van der Waals surface area contributed by atoms with E-state index in [4.69, 9.17) is 11.6 Å². The van der Waals surface area contributed by atoms with Crippen LogP contribution >= 0.6 is 23.4 Å². The lowest BCUT2D eigenvalue weighted by Crippen LogP contribution is -2.46. The molecule has 0 aliphatic carbocycles. The molecule has 0 aliphatic rings. The molecule has 0 unspecified atom stereocenters. The molecule has 158 valence electrons. The van der Waals surface area contributed by atoms with Gasteiger partial charge in [-0.1, -0.05) is 59.8 Å². The Morgan fingerprint density at radius 1 is 1.13 bits per heavy atom. The lowest BCUT2D eigenvalue weighted by molar-refractivity contribution is 0.231. The van der Waals surface area contributed by atoms with E-state index in [0.29, 0.717) is 10.8 Å². The van der Waals surface area contributed by atoms with Crippen molar-refractivity contribution < 1.29 is 4.79 Å². The van der Waals surface area contributed by atoms with Crippen molar-refractivity contribution in [3.8, 4) is 5.69 Å². The Kier molecular flexibility index (Phi) is 7.05. The van der Waals surface area contributed by atoms with Crippen LogP contribution < -0.4 is 10.6 Å². The summed E-state index contributed by atoms with van der Waals surface area (Å²) >= 11 is 7.86. The van der Waals surface area contributed by atoms with E-state index in [2.05, 4.69) is 33.0 Å². The zero-order valence-corrected chi connectivity index (χ0v) is 19.1. The van der Waals surface area contributed by atoms with Crippen LogP contribution in [0.15, 0.2) is 53.7 Å². The number of carbonyl (C=O) groups excluding carboxylic acids is 1. The Bertz CT molecular complexity index is 1010. The molecule has 8 heteroatoms. The van der Waals surface area contributed by atoms with Crippen LogP contribution in [0.25, 0.3) is 5.69 Å². The molecule has 2 N–H and O–H groups in total. The predicted octanol–water partition coefficient (Wildman–Crippen LogP) is 5.12. The summed E-state index contributed by atoms with van der Waals surface area (Å²) in [5, 5.41) is 15.9. The van der Waals surface area contributed by atoms with E-state index in [0.717, 1.165) is 22.2 Å². The van der Waals surface area contributed by atoms with Crippen molar-refractivity contribution in [2.75, 3.05) is 0 Å². The molecule has 6 nitrogen and oxygen atoms in total. The normalized spacial score (nSPS) is 11.4. The predicted molar refractivity (Wildman–Crippen MR) is 122 cm³/mol. The van der Waals surface area contributed by atoms with Gasteiger partial charge in [0, 0.05) is 16.3 Å². The first-order chi connectivity index (χ1) is 14.2. The summed E-state index contributed by atoms with van der Waals surface area (Å²) in [6.07, 6.45) is 0. The number of urea groups is 1. The van der Waals surface area contributed by atoms with Crippen LogP contribution in [0, 0.1) is 6.92 Å². The fourth-order valence-electron chi connectivity index (χ4n) is 2.84. The number of nitrogens with one attached hydrogen (secondary N) is 2. The number of thioether (sulfide) groups is 1. The first kappa shape index (κ1) is 22.2. The number of halogens is 1. The Balaban J connectivity index is 1.87. The molecule has 2 aromatic carbocycles. The molecule has 0 fully saturated rings. The number of rotatable bonds is 6. The topological polar surface area (TPSA) is 71.8 Å². The van der Waals surface area contributed by atoms with E-state index in [9.17, 15) is 4.79 Å². The first-order valence-corrected chi connectivity index (χ1v) is 11.0. The minimum Gasteiger partial charge on any atom is -0.334 e. The third-order valence-electron chi connectivity index (χ3n) is 4.22. The Labute approximate surface area is 186 Å². The number of benzene rings is 2. The molecular weight excluding hydrogens is 418 g/mol. The maximum atomic E-state index is 12.2. The SMILES string of the molecule is Cc1ccc(Cl)cc1-n1c(CNC(=O)NC(C)(C)C)nnc1SCc1ccccc1. The van der Waals surface area contributed by atoms with Crippen LogP contribution in [0.5, 0.6) is 0 Å². The summed E-state index contributed by atoms with van der Waals surface area (Å²) in [4.78, 5) is 12.2. The van der Waals surface area contributed by atoms with Gasteiger partial charge in [-0.2, -0.15) is 0 Å². The number of aromatic nitrogens is 3. The number of nitrogens with zero attached hydrogens (tertiary/aromatic N) is 3. The average Bonchev–Trinajstić information content (AvgIpc) is 3.09. The van der Waals surface area contributed by atoms with E-state index in [-0.39, 0.29) is 18.1 Å². The lowest BCUT2D eigenvalue weighted by atomic mass is 10.1. The van der Waals surface area contributed by atoms with Gasteiger partial charge in [0.1, 0.15) is 0 Å². The van der Waals surface area contributed by atoms with Crippen molar-refractivity contribution in [1.82, 2.24) is 25.4 Å². The van der Waals surface area contributed by atoms with E-state index in [1.807, 2.05) is 68.7 Å². The summed E-state index contributed by atoms with van der Waals surface area (Å²) in [5.74, 6) is 1.40. The van der Waals surface area contributed by atoms with Gasteiger partial charge in [-0.15, -0.1) is 10.2 Å². The maximum absolute atomic E-state index is 12.2. The Hall–Kier alpha value is -2.51. The molecular formula is C22H26ClN5OS. The van der Waals surface area contributed by atoms with Gasteiger partial charge >= 0.3 is 6.03 Å². The first-order valence-electron chi connectivity index (χ1n) is 9.66. The molecule has 30 heavy (non-hydrogen) atoms. The molecule has 0 atom stereocenters. The third-order valence-corrected chi connectivity index (χ3v) is 5.45. The Morgan fingerprint density at radius 2 is 1.87 bits per heavy atom. The molecule has 1 heterocycles. The maximum Gasteiger partial charge on any atom is 0.315 e. The highest BCUT2D eigenvalue weighted by Gasteiger charge is 2.19. The van der Waals surface area contributed by atoms with Gasteiger partial charge in [0.2, 0.25) is 0 Å². The highest BCUT2D eigenvalue weighted by Crippen LogP contribution is 2.28. The van der Waals surface area contributed by atoms with Crippen molar-refractivity contribution in [1.29, 1.82) is 0 Å². The van der Waals surface area contributed by atoms with Crippen LogP contribution in [0.4, 0.5) is 4.79 Å². The summed E-state index contributed by atoms with van der Waals surface area (Å²) in [7, 11) is 0. The molecule has 3 aromatic rings. The minimum atomic E-state index is -0.321. The highest BCUT2D eigenvalue weighted by molar-refractivity contribution is 7.98. The van der Waals surface area contributed by atoms with Crippen molar-refractivity contribution in [3.63, 3.8) is 0 Å². The van der Waals surface area contributed by atoms with Gasteiger partial charge in [-0.25, -0.2) is 4.79 Å². The zero-order chi connectivity index (χ0) is 21.7. The molecule has 0 saturated carbocycles. The van der Waals surface area contributed by atoms with Crippen LogP contribution in [0.3, 0.4) is 0 Å².